The van der Waals surface area contributed by atoms with E-state index in [0.29, 0.717) is 5.75 Å². The van der Waals surface area contributed by atoms with Gasteiger partial charge in [-0.1, -0.05) is 52.3 Å². The van der Waals surface area contributed by atoms with Crippen LogP contribution >= 0.6 is 15.9 Å². The molecular formula is C28H27BrN2O5. The highest BCUT2D eigenvalue weighted by Gasteiger charge is 2.76. The number of methoxy groups -OCH3 is 2. The van der Waals surface area contributed by atoms with E-state index < -0.39 is 35.2 Å². The molecule has 0 spiro atoms. The van der Waals surface area contributed by atoms with Crippen LogP contribution in [0.25, 0.3) is 0 Å². The molecule has 2 aromatic carbocycles. The van der Waals surface area contributed by atoms with Gasteiger partial charge in [-0.3, -0.25) is 24.6 Å². The number of hydrogen-bond acceptors (Lipinski definition) is 6. The summed E-state index contributed by atoms with van der Waals surface area (Å²) < 4.78 is 11.6. The van der Waals surface area contributed by atoms with Crippen LogP contribution < -0.4 is 10.1 Å². The second-order valence-corrected chi connectivity index (χ2v) is 11.1. The summed E-state index contributed by atoms with van der Waals surface area (Å²) in [6.07, 6.45) is 4.24. The highest BCUT2D eigenvalue weighted by molar-refractivity contribution is 9.10. The molecule has 0 unspecified atom stereocenters. The summed E-state index contributed by atoms with van der Waals surface area (Å²) >= 11 is 3.51. The smallest absolute Gasteiger partial charge is 0.323 e. The first-order valence-electron chi connectivity index (χ1n) is 12.1. The number of piperidine rings is 1. The molecule has 2 aromatic rings. The number of amides is 2. The summed E-state index contributed by atoms with van der Waals surface area (Å²) in [5, 5.41) is 3.62. The largest absolute Gasteiger partial charge is 0.497 e. The number of ether oxygens (including phenoxy) is 2. The monoisotopic (exact) mass is 550 g/mol. The molecule has 8 heteroatoms. The van der Waals surface area contributed by atoms with Crippen LogP contribution in [0.2, 0.25) is 0 Å². The SMILES string of the molecule is COC(=O)[C@H]1N[C@@H](c2ccc(Br)cc2)[C@@H]2[C@@H]3C=C[C@]2([C@H]2C(=O)N(C)C(=O)[C@@H]32)[C@H]1c1ccc(OC)cc1. The molecule has 2 saturated heterocycles. The van der Waals surface area contributed by atoms with Gasteiger partial charge in [0.05, 0.1) is 26.1 Å². The lowest BCUT2D eigenvalue weighted by atomic mass is 9.55. The van der Waals surface area contributed by atoms with Crippen LogP contribution in [0.4, 0.5) is 0 Å². The Bertz CT molecular complexity index is 1280. The fraction of sp³-hybridized carbons (Fsp3) is 0.393. The van der Waals surface area contributed by atoms with Crippen LogP contribution in [0.15, 0.2) is 65.2 Å². The minimum atomic E-state index is -0.733. The molecule has 6 rings (SSSR count). The van der Waals surface area contributed by atoms with Crippen LogP contribution in [-0.4, -0.2) is 50.0 Å². The van der Waals surface area contributed by atoms with Gasteiger partial charge in [0.25, 0.3) is 0 Å². The van der Waals surface area contributed by atoms with Crippen LogP contribution in [0.1, 0.15) is 23.1 Å². The third kappa shape index (κ3) is 2.97. The summed E-state index contributed by atoms with van der Waals surface area (Å²) in [6.45, 7) is 0. The molecule has 2 heterocycles. The number of imide groups is 1. The van der Waals surface area contributed by atoms with Gasteiger partial charge in [0.1, 0.15) is 11.8 Å². The van der Waals surface area contributed by atoms with E-state index in [0.717, 1.165) is 15.6 Å². The number of benzene rings is 2. The number of carbonyl (C=O) groups is 3. The maximum Gasteiger partial charge on any atom is 0.323 e. The Labute approximate surface area is 218 Å². The van der Waals surface area contributed by atoms with Crippen molar-refractivity contribution >= 4 is 33.7 Å². The van der Waals surface area contributed by atoms with Gasteiger partial charge >= 0.3 is 5.97 Å². The van der Waals surface area contributed by atoms with Gasteiger partial charge in [-0.2, -0.15) is 0 Å². The molecule has 2 amide bonds. The second kappa shape index (κ2) is 8.28. The zero-order chi connectivity index (χ0) is 25.4. The lowest BCUT2D eigenvalue weighted by Gasteiger charge is -2.52. The minimum Gasteiger partial charge on any atom is -0.497 e. The van der Waals surface area contributed by atoms with Gasteiger partial charge in [0.15, 0.2) is 0 Å². The van der Waals surface area contributed by atoms with Crippen molar-refractivity contribution in [3.8, 4) is 5.75 Å². The Morgan fingerprint density at radius 3 is 2.28 bits per heavy atom. The van der Waals surface area contributed by atoms with Gasteiger partial charge in [0, 0.05) is 28.9 Å². The number of esters is 1. The quantitative estimate of drug-likeness (QED) is 0.356. The zero-order valence-electron chi connectivity index (χ0n) is 20.2. The maximum absolute atomic E-state index is 13.7. The van der Waals surface area contributed by atoms with E-state index in [2.05, 4.69) is 33.4 Å². The molecule has 186 valence electrons. The molecule has 1 N–H and O–H groups in total. The normalized spacial score (nSPS) is 36.1. The van der Waals surface area contributed by atoms with E-state index in [9.17, 15) is 14.4 Å². The number of likely N-dealkylation sites (tertiary alicyclic amines) is 1. The van der Waals surface area contributed by atoms with Gasteiger partial charge in [-0.05, 0) is 47.2 Å². The third-order valence-corrected chi connectivity index (χ3v) is 9.40. The lowest BCUT2D eigenvalue weighted by Crippen LogP contribution is -2.60. The molecule has 2 aliphatic heterocycles. The summed E-state index contributed by atoms with van der Waals surface area (Å²) in [6, 6.07) is 14.7. The zero-order valence-corrected chi connectivity index (χ0v) is 21.8. The van der Waals surface area contributed by atoms with Crippen molar-refractivity contribution in [3.63, 3.8) is 0 Å². The van der Waals surface area contributed by atoms with Crippen LogP contribution in [0, 0.1) is 29.1 Å². The topological polar surface area (TPSA) is 84.9 Å². The molecule has 3 fully saturated rings. The van der Waals surface area contributed by atoms with Crippen molar-refractivity contribution < 1.29 is 23.9 Å². The average molecular weight is 551 g/mol. The number of rotatable bonds is 4. The van der Waals surface area contributed by atoms with Gasteiger partial charge in [-0.25, -0.2) is 0 Å². The standard InChI is InChI=1S/C28H27BrN2O5/c1-31-25(32)19-18-12-13-28(22(19)26(31)33)20(14-6-10-17(35-2)11-7-14)24(27(34)36-3)30-23(21(18)28)15-4-8-16(29)9-5-15/h4-13,18-24,30H,1-3H3/t18-,19+,20+,21+,22-,23+,24+,28+/m1/s1. The maximum atomic E-state index is 13.7. The van der Waals surface area contributed by atoms with Crippen LogP contribution in [0.3, 0.4) is 0 Å². The van der Waals surface area contributed by atoms with E-state index in [1.165, 1.54) is 12.0 Å². The number of nitrogens with zero attached hydrogens (tertiary/aromatic N) is 1. The lowest BCUT2D eigenvalue weighted by molar-refractivity contribution is -0.150. The highest BCUT2D eigenvalue weighted by Crippen LogP contribution is 2.72. The number of carbonyl (C=O) groups excluding carboxylic acids is 3. The first-order valence-corrected chi connectivity index (χ1v) is 12.9. The van der Waals surface area contributed by atoms with Gasteiger partial charge < -0.3 is 9.47 Å². The van der Waals surface area contributed by atoms with E-state index in [1.807, 2.05) is 48.5 Å². The molecular weight excluding hydrogens is 524 g/mol. The fourth-order valence-electron chi connectivity index (χ4n) is 7.54. The Morgan fingerprint density at radius 2 is 1.64 bits per heavy atom. The predicted octanol–water partition coefficient (Wildman–Crippen LogP) is 3.46. The molecule has 8 atom stereocenters. The Balaban J connectivity index is 1.58. The van der Waals surface area contributed by atoms with Crippen molar-refractivity contribution in [1.82, 2.24) is 10.2 Å². The number of fused-ring (bicyclic) bond motifs is 2. The van der Waals surface area contributed by atoms with E-state index in [-0.39, 0.29) is 29.7 Å². The van der Waals surface area contributed by atoms with Gasteiger partial charge in [0.2, 0.25) is 11.8 Å². The van der Waals surface area contributed by atoms with E-state index in [1.54, 1.807) is 14.2 Å². The summed E-state index contributed by atoms with van der Waals surface area (Å²) in [5.41, 5.74) is 1.18. The molecule has 7 nitrogen and oxygen atoms in total. The molecule has 1 saturated carbocycles. The summed E-state index contributed by atoms with van der Waals surface area (Å²) in [5.74, 6) is -1.56. The van der Waals surface area contributed by atoms with Crippen molar-refractivity contribution in [2.24, 2.45) is 29.1 Å². The minimum absolute atomic E-state index is 0.0803. The number of halogens is 1. The number of hydrogen-bond donors (Lipinski definition) is 1. The molecule has 2 bridgehead atoms. The van der Waals surface area contributed by atoms with Crippen molar-refractivity contribution in [3.05, 3.63) is 76.3 Å². The van der Waals surface area contributed by atoms with Crippen LogP contribution in [-0.2, 0) is 19.1 Å². The van der Waals surface area contributed by atoms with Crippen molar-refractivity contribution in [1.29, 1.82) is 0 Å². The first kappa shape index (κ1) is 23.4. The van der Waals surface area contributed by atoms with Gasteiger partial charge in [-0.15, -0.1) is 0 Å². The van der Waals surface area contributed by atoms with Crippen molar-refractivity contribution in [2.45, 2.75) is 18.0 Å². The third-order valence-electron chi connectivity index (χ3n) is 8.87. The molecule has 4 aliphatic rings. The second-order valence-electron chi connectivity index (χ2n) is 10.1. The molecule has 0 aromatic heterocycles. The Morgan fingerprint density at radius 1 is 0.972 bits per heavy atom. The fourth-order valence-corrected chi connectivity index (χ4v) is 7.80. The van der Waals surface area contributed by atoms with Crippen LogP contribution in [0.5, 0.6) is 5.75 Å². The average Bonchev–Trinajstić information content (AvgIpc) is 3.50. The number of nitrogens with one attached hydrogen (secondary N) is 1. The number of allylic oxidation sites excluding steroid dienone is 2. The Kier molecular flexibility index (Phi) is 5.39. The molecule has 36 heavy (non-hydrogen) atoms. The van der Waals surface area contributed by atoms with Crippen molar-refractivity contribution in [2.75, 3.05) is 21.3 Å². The van der Waals surface area contributed by atoms with E-state index in [4.69, 9.17) is 9.47 Å². The predicted molar refractivity (Wildman–Crippen MR) is 135 cm³/mol. The summed E-state index contributed by atoms with van der Waals surface area (Å²) in [7, 11) is 4.56. The summed E-state index contributed by atoms with van der Waals surface area (Å²) in [4.78, 5) is 41.6. The highest BCUT2D eigenvalue weighted by atomic mass is 79.9. The molecule has 2 aliphatic carbocycles. The molecule has 0 radical (unpaired) electrons. The Hall–Kier alpha value is -2.97. The first-order chi connectivity index (χ1) is 17.3. The van der Waals surface area contributed by atoms with E-state index >= 15 is 0 Å².